The first kappa shape index (κ1) is 21.7. The van der Waals surface area contributed by atoms with Gasteiger partial charge < -0.3 is 14.8 Å². The van der Waals surface area contributed by atoms with Gasteiger partial charge in [-0.15, -0.1) is 11.8 Å². The van der Waals surface area contributed by atoms with Crippen molar-refractivity contribution in [1.29, 1.82) is 0 Å². The zero-order chi connectivity index (χ0) is 21.3. The van der Waals surface area contributed by atoms with E-state index in [9.17, 15) is 9.59 Å². The molecule has 156 valence electrons. The lowest BCUT2D eigenvalue weighted by Gasteiger charge is -2.19. The number of methoxy groups -OCH3 is 1. The Morgan fingerprint density at radius 3 is 2.57 bits per heavy atom. The zero-order valence-electron chi connectivity index (χ0n) is 17.1. The summed E-state index contributed by atoms with van der Waals surface area (Å²) in [6.07, 6.45) is 0.0629. The number of carbonyl (C=O) groups is 2. The van der Waals surface area contributed by atoms with Crippen LogP contribution in [-0.4, -0.2) is 31.3 Å². The first-order valence-electron chi connectivity index (χ1n) is 9.79. The molecule has 0 bridgehead atoms. The van der Waals surface area contributed by atoms with Crippen molar-refractivity contribution in [2.75, 3.05) is 19.5 Å². The molecule has 0 saturated heterocycles. The van der Waals surface area contributed by atoms with Crippen LogP contribution in [0.5, 0.6) is 5.75 Å². The van der Waals surface area contributed by atoms with E-state index in [1.54, 1.807) is 14.0 Å². The molecule has 6 heteroatoms. The maximum atomic E-state index is 12.6. The molecule has 0 fully saturated rings. The Balaban J connectivity index is 1.67. The fraction of sp³-hybridized carbons (Fsp3) is 0.250. The third-order valence-corrected chi connectivity index (χ3v) is 5.59. The highest BCUT2D eigenvalue weighted by molar-refractivity contribution is 8.00. The van der Waals surface area contributed by atoms with Gasteiger partial charge >= 0.3 is 5.97 Å². The predicted molar refractivity (Wildman–Crippen MR) is 120 cm³/mol. The minimum absolute atomic E-state index is 0.0629. The molecule has 0 aliphatic heterocycles. The van der Waals surface area contributed by atoms with Crippen molar-refractivity contribution < 1.29 is 19.1 Å². The highest BCUT2D eigenvalue weighted by Crippen LogP contribution is 2.25. The number of rotatable bonds is 9. The van der Waals surface area contributed by atoms with Gasteiger partial charge in [-0.2, -0.15) is 0 Å². The number of amides is 1. The van der Waals surface area contributed by atoms with Gasteiger partial charge in [0.25, 0.3) is 0 Å². The topological polar surface area (TPSA) is 64.6 Å². The molecule has 0 aliphatic rings. The maximum Gasteiger partial charge on any atom is 0.308 e. The van der Waals surface area contributed by atoms with Crippen molar-refractivity contribution in [2.45, 2.75) is 24.3 Å². The number of esters is 1. The van der Waals surface area contributed by atoms with Crippen LogP contribution in [0.4, 0.5) is 0 Å². The summed E-state index contributed by atoms with van der Waals surface area (Å²) >= 11 is 1.46. The van der Waals surface area contributed by atoms with Gasteiger partial charge in [-0.25, -0.2) is 0 Å². The highest BCUT2D eigenvalue weighted by atomic mass is 32.2. The molecule has 3 aromatic carbocycles. The van der Waals surface area contributed by atoms with Gasteiger partial charge in [0.1, 0.15) is 5.75 Å². The van der Waals surface area contributed by atoms with Crippen LogP contribution >= 0.6 is 11.8 Å². The number of hydrogen-bond donors (Lipinski definition) is 1. The van der Waals surface area contributed by atoms with Crippen LogP contribution in [0.2, 0.25) is 0 Å². The van der Waals surface area contributed by atoms with E-state index in [4.69, 9.17) is 9.47 Å². The van der Waals surface area contributed by atoms with Crippen molar-refractivity contribution in [3.63, 3.8) is 0 Å². The van der Waals surface area contributed by atoms with E-state index in [0.717, 1.165) is 15.8 Å². The Hall–Kier alpha value is -2.99. The average Bonchev–Trinajstić information content (AvgIpc) is 2.77. The van der Waals surface area contributed by atoms with Gasteiger partial charge in [0.15, 0.2) is 0 Å². The molecule has 0 aromatic heterocycles. The van der Waals surface area contributed by atoms with Crippen molar-refractivity contribution in [1.82, 2.24) is 5.32 Å². The van der Waals surface area contributed by atoms with Crippen LogP contribution in [0, 0.1) is 0 Å². The molecule has 1 atom stereocenters. The summed E-state index contributed by atoms with van der Waals surface area (Å²) in [6, 6.07) is 21.1. The molecule has 0 aliphatic carbocycles. The second-order valence-corrected chi connectivity index (χ2v) is 7.75. The molecular formula is C24H25NO4S. The maximum absolute atomic E-state index is 12.6. The second kappa shape index (κ2) is 10.7. The minimum atomic E-state index is -0.483. The number of nitrogens with one attached hydrogen (secondary N) is 1. The summed E-state index contributed by atoms with van der Waals surface area (Å²) in [5, 5.41) is 5.27. The van der Waals surface area contributed by atoms with Crippen molar-refractivity contribution in [2.24, 2.45) is 0 Å². The Morgan fingerprint density at radius 1 is 1.00 bits per heavy atom. The molecule has 30 heavy (non-hydrogen) atoms. The summed E-state index contributed by atoms with van der Waals surface area (Å²) in [5.74, 6) is 0.418. The van der Waals surface area contributed by atoms with E-state index < -0.39 is 6.04 Å². The normalized spacial score (nSPS) is 11.7. The standard InChI is InChI=1S/C24H25NO4S/c1-3-29-24(27)15-22(19-9-6-10-20(13-19)28-2)25-23(26)16-30-21-12-11-17-7-4-5-8-18(17)14-21/h4-14,22H,3,15-16H2,1-2H3,(H,25,26). The van der Waals surface area contributed by atoms with Gasteiger partial charge in [-0.3, -0.25) is 9.59 Å². The fourth-order valence-electron chi connectivity index (χ4n) is 3.14. The van der Waals surface area contributed by atoms with Gasteiger partial charge in [0.05, 0.1) is 31.9 Å². The van der Waals surface area contributed by atoms with Crippen LogP contribution in [0.3, 0.4) is 0 Å². The molecule has 3 rings (SSSR count). The summed E-state index contributed by atoms with van der Waals surface area (Å²) in [4.78, 5) is 25.7. The van der Waals surface area contributed by atoms with Crippen molar-refractivity contribution in [3.05, 3.63) is 72.3 Å². The lowest BCUT2D eigenvalue weighted by atomic mass is 10.0. The smallest absolute Gasteiger partial charge is 0.308 e. The van der Waals surface area contributed by atoms with Gasteiger partial charge in [0.2, 0.25) is 5.91 Å². The number of carbonyl (C=O) groups excluding carboxylic acids is 2. The summed E-state index contributed by atoms with van der Waals surface area (Å²) < 4.78 is 10.3. The minimum Gasteiger partial charge on any atom is -0.497 e. The number of benzene rings is 3. The summed E-state index contributed by atoms with van der Waals surface area (Å²) in [6.45, 7) is 2.06. The third-order valence-electron chi connectivity index (χ3n) is 4.60. The zero-order valence-corrected chi connectivity index (χ0v) is 17.9. The SMILES string of the molecule is CCOC(=O)CC(NC(=O)CSc1ccc2ccccc2c1)c1cccc(OC)c1. The molecule has 1 unspecified atom stereocenters. The molecule has 0 radical (unpaired) electrons. The Kier molecular flexibility index (Phi) is 7.74. The lowest BCUT2D eigenvalue weighted by Crippen LogP contribution is -2.32. The molecule has 0 saturated carbocycles. The van der Waals surface area contributed by atoms with Crippen LogP contribution in [0.15, 0.2) is 71.6 Å². The van der Waals surface area contributed by atoms with Crippen LogP contribution < -0.4 is 10.1 Å². The number of thioether (sulfide) groups is 1. The van der Waals surface area contributed by atoms with E-state index in [0.29, 0.717) is 12.4 Å². The van der Waals surface area contributed by atoms with E-state index in [-0.39, 0.29) is 24.1 Å². The molecule has 0 heterocycles. The van der Waals surface area contributed by atoms with Gasteiger partial charge in [-0.1, -0.05) is 42.5 Å². The first-order chi connectivity index (χ1) is 14.6. The molecule has 5 nitrogen and oxygen atoms in total. The summed E-state index contributed by atoms with van der Waals surface area (Å²) in [7, 11) is 1.58. The van der Waals surface area contributed by atoms with Crippen molar-refractivity contribution >= 4 is 34.4 Å². The summed E-state index contributed by atoms with van der Waals surface area (Å²) in [5.41, 5.74) is 0.798. The highest BCUT2D eigenvalue weighted by Gasteiger charge is 2.20. The first-order valence-corrected chi connectivity index (χ1v) is 10.8. The third kappa shape index (κ3) is 6.00. The predicted octanol–water partition coefficient (Wildman–Crippen LogP) is 4.75. The molecule has 1 N–H and O–H groups in total. The molecule has 0 spiro atoms. The number of ether oxygens (including phenoxy) is 2. The van der Waals surface area contributed by atoms with Crippen molar-refractivity contribution in [3.8, 4) is 5.75 Å². The molecular weight excluding hydrogens is 398 g/mol. The van der Waals surface area contributed by atoms with E-state index >= 15 is 0 Å². The Bertz CT molecular complexity index is 1020. The number of hydrogen-bond acceptors (Lipinski definition) is 5. The fourth-order valence-corrected chi connectivity index (χ4v) is 3.89. The Labute approximate surface area is 180 Å². The molecule has 1 amide bonds. The van der Waals surface area contributed by atoms with Gasteiger partial charge in [-0.05, 0) is 47.5 Å². The quantitative estimate of drug-likeness (QED) is 0.397. The average molecular weight is 424 g/mol. The number of fused-ring (bicyclic) bond motifs is 1. The van der Waals surface area contributed by atoms with Crippen LogP contribution in [0.1, 0.15) is 24.9 Å². The van der Waals surface area contributed by atoms with E-state index in [2.05, 4.69) is 29.6 Å². The monoisotopic (exact) mass is 423 g/mol. The van der Waals surface area contributed by atoms with E-state index in [1.165, 1.54) is 17.1 Å². The largest absolute Gasteiger partial charge is 0.497 e. The van der Waals surface area contributed by atoms with Crippen LogP contribution in [0.25, 0.3) is 10.8 Å². The Morgan fingerprint density at radius 2 is 1.80 bits per heavy atom. The van der Waals surface area contributed by atoms with Gasteiger partial charge in [0, 0.05) is 4.90 Å². The van der Waals surface area contributed by atoms with E-state index in [1.807, 2.05) is 42.5 Å². The molecule has 3 aromatic rings. The van der Waals surface area contributed by atoms with Crippen LogP contribution in [-0.2, 0) is 14.3 Å². The second-order valence-electron chi connectivity index (χ2n) is 6.70. The lowest BCUT2D eigenvalue weighted by molar-refractivity contribution is -0.143.